The van der Waals surface area contributed by atoms with Crippen LogP contribution in [0.4, 0.5) is 0 Å². The van der Waals surface area contributed by atoms with Crippen LogP contribution in [0.1, 0.15) is 52.0 Å². The zero-order valence-electron chi connectivity index (χ0n) is 15.1. The van der Waals surface area contributed by atoms with E-state index < -0.39 is 5.41 Å². The Kier molecular flexibility index (Phi) is 6.75. The first-order valence-electron chi connectivity index (χ1n) is 8.80. The third-order valence-corrected chi connectivity index (χ3v) is 5.47. The number of hydrogen-bond donors (Lipinski definition) is 1. The number of rotatable bonds is 5. The van der Waals surface area contributed by atoms with E-state index >= 15 is 0 Å². The predicted molar refractivity (Wildman–Crippen MR) is 102 cm³/mol. The average molecular weight is 385 g/mol. The molecule has 1 unspecified atom stereocenters. The van der Waals surface area contributed by atoms with Crippen molar-refractivity contribution in [3.8, 4) is 0 Å². The van der Waals surface area contributed by atoms with Gasteiger partial charge in [0.25, 0.3) is 0 Å². The highest BCUT2D eigenvalue weighted by Gasteiger charge is 2.36. The average Bonchev–Trinajstić information content (AvgIpc) is 2.57. The lowest BCUT2D eigenvalue weighted by Crippen LogP contribution is -2.53. The van der Waals surface area contributed by atoms with Crippen LogP contribution >= 0.6 is 23.2 Å². The van der Waals surface area contributed by atoms with Gasteiger partial charge in [-0.2, -0.15) is 0 Å². The SMILES string of the molecule is CCCC(=O)NC1CCCN(C(=O)C(C)(C)c2ccc(Cl)c(Cl)c2)C1. The zero-order valence-corrected chi connectivity index (χ0v) is 16.6. The maximum absolute atomic E-state index is 13.1. The maximum Gasteiger partial charge on any atom is 0.232 e. The molecule has 25 heavy (non-hydrogen) atoms. The number of nitrogens with one attached hydrogen (secondary N) is 1. The minimum absolute atomic E-state index is 0.0290. The number of likely N-dealkylation sites (tertiary alicyclic amines) is 1. The van der Waals surface area contributed by atoms with Gasteiger partial charge in [0.1, 0.15) is 0 Å². The molecule has 1 fully saturated rings. The molecule has 2 rings (SSSR count). The molecule has 4 nitrogen and oxygen atoms in total. The Hall–Kier alpha value is -1.26. The number of carbonyl (C=O) groups excluding carboxylic acids is 2. The van der Waals surface area contributed by atoms with Crippen LogP contribution in [0.25, 0.3) is 0 Å². The number of hydrogen-bond acceptors (Lipinski definition) is 2. The Balaban J connectivity index is 2.09. The van der Waals surface area contributed by atoms with Crippen LogP contribution in [0.15, 0.2) is 18.2 Å². The van der Waals surface area contributed by atoms with E-state index in [1.807, 2.05) is 31.7 Å². The van der Waals surface area contributed by atoms with Crippen molar-refractivity contribution in [2.75, 3.05) is 13.1 Å². The summed E-state index contributed by atoms with van der Waals surface area (Å²) in [7, 11) is 0. The molecule has 6 heteroatoms. The summed E-state index contributed by atoms with van der Waals surface area (Å²) in [5.41, 5.74) is 0.132. The van der Waals surface area contributed by atoms with Crippen LogP contribution in [0.2, 0.25) is 10.0 Å². The largest absolute Gasteiger partial charge is 0.352 e. The lowest BCUT2D eigenvalue weighted by atomic mass is 9.82. The minimum Gasteiger partial charge on any atom is -0.352 e. The van der Waals surface area contributed by atoms with Gasteiger partial charge in [-0.3, -0.25) is 9.59 Å². The smallest absolute Gasteiger partial charge is 0.232 e. The van der Waals surface area contributed by atoms with Gasteiger partial charge in [0.05, 0.1) is 15.5 Å². The molecule has 2 amide bonds. The Bertz CT molecular complexity index is 646. The van der Waals surface area contributed by atoms with Crippen LogP contribution in [-0.4, -0.2) is 35.8 Å². The fraction of sp³-hybridized carbons (Fsp3) is 0.579. The van der Waals surface area contributed by atoms with Crippen molar-refractivity contribution >= 4 is 35.0 Å². The number of amides is 2. The number of halogens is 2. The summed E-state index contributed by atoms with van der Waals surface area (Å²) in [6, 6.07) is 5.35. The molecule has 1 atom stereocenters. The zero-order chi connectivity index (χ0) is 18.6. The molecule has 0 saturated carbocycles. The lowest BCUT2D eigenvalue weighted by Gasteiger charge is -2.38. The van der Waals surface area contributed by atoms with Crippen molar-refractivity contribution in [3.63, 3.8) is 0 Å². The number of nitrogens with zero attached hydrogens (tertiary/aromatic N) is 1. The van der Waals surface area contributed by atoms with Crippen LogP contribution in [-0.2, 0) is 15.0 Å². The van der Waals surface area contributed by atoms with Gasteiger partial charge < -0.3 is 10.2 Å². The summed E-state index contributed by atoms with van der Waals surface area (Å²) in [6.07, 6.45) is 3.15. The van der Waals surface area contributed by atoms with Gasteiger partial charge in [-0.25, -0.2) is 0 Å². The molecule has 1 aliphatic heterocycles. The molecule has 0 radical (unpaired) electrons. The van der Waals surface area contributed by atoms with E-state index in [1.54, 1.807) is 12.1 Å². The first-order valence-corrected chi connectivity index (χ1v) is 9.55. The molecule has 1 N–H and O–H groups in total. The molecule has 0 aliphatic carbocycles. The lowest BCUT2D eigenvalue weighted by molar-refractivity contribution is -0.138. The van der Waals surface area contributed by atoms with Gasteiger partial charge >= 0.3 is 0 Å². The Morgan fingerprint density at radius 1 is 1.28 bits per heavy atom. The summed E-state index contributed by atoms with van der Waals surface area (Å²) in [4.78, 5) is 26.8. The molecule has 1 aromatic rings. The van der Waals surface area contributed by atoms with Gasteiger partial charge in [0, 0.05) is 25.6 Å². The van der Waals surface area contributed by atoms with Crippen molar-refractivity contribution in [2.24, 2.45) is 0 Å². The molecule has 1 aliphatic rings. The fourth-order valence-corrected chi connectivity index (χ4v) is 3.51. The van der Waals surface area contributed by atoms with E-state index in [9.17, 15) is 9.59 Å². The highest BCUT2D eigenvalue weighted by molar-refractivity contribution is 6.42. The summed E-state index contributed by atoms with van der Waals surface area (Å²) < 4.78 is 0. The highest BCUT2D eigenvalue weighted by atomic mass is 35.5. The van der Waals surface area contributed by atoms with Gasteiger partial charge in [0.15, 0.2) is 0 Å². The Morgan fingerprint density at radius 3 is 2.64 bits per heavy atom. The summed E-state index contributed by atoms with van der Waals surface area (Å²) in [6.45, 7) is 7.04. The topological polar surface area (TPSA) is 49.4 Å². The summed E-state index contributed by atoms with van der Waals surface area (Å²) in [5.74, 6) is 0.103. The van der Waals surface area contributed by atoms with E-state index in [1.165, 1.54) is 0 Å². The first kappa shape index (κ1) is 20.1. The van der Waals surface area contributed by atoms with Crippen LogP contribution in [0, 0.1) is 0 Å². The molecule has 0 spiro atoms. The molecular formula is C19H26Cl2N2O2. The Labute approximate surface area is 159 Å². The van der Waals surface area contributed by atoms with E-state index in [0.717, 1.165) is 24.8 Å². The third-order valence-electron chi connectivity index (χ3n) is 4.73. The minimum atomic E-state index is -0.705. The maximum atomic E-state index is 13.1. The molecule has 0 bridgehead atoms. The van der Waals surface area contributed by atoms with Crippen molar-refractivity contribution < 1.29 is 9.59 Å². The second-order valence-electron chi connectivity index (χ2n) is 7.16. The van der Waals surface area contributed by atoms with E-state index in [0.29, 0.717) is 29.6 Å². The van der Waals surface area contributed by atoms with Crippen molar-refractivity contribution in [2.45, 2.75) is 57.9 Å². The standard InChI is InChI=1S/C19H26Cl2N2O2/c1-4-6-17(24)22-14-7-5-10-23(12-14)18(25)19(2,3)13-8-9-15(20)16(21)11-13/h8-9,11,14H,4-7,10,12H2,1-3H3,(H,22,24). The Morgan fingerprint density at radius 2 is 2.00 bits per heavy atom. The number of carbonyl (C=O) groups is 2. The van der Waals surface area contributed by atoms with Gasteiger partial charge in [0.2, 0.25) is 11.8 Å². The molecule has 1 heterocycles. The van der Waals surface area contributed by atoms with Crippen LogP contribution < -0.4 is 5.32 Å². The highest BCUT2D eigenvalue weighted by Crippen LogP contribution is 2.32. The quantitative estimate of drug-likeness (QED) is 0.827. The molecule has 138 valence electrons. The molecule has 1 aromatic carbocycles. The van der Waals surface area contributed by atoms with Crippen LogP contribution in [0.5, 0.6) is 0 Å². The second kappa shape index (κ2) is 8.41. The van der Waals surface area contributed by atoms with E-state index in [-0.39, 0.29) is 17.9 Å². The van der Waals surface area contributed by atoms with Gasteiger partial charge in [-0.05, 0) is 50.8 Å². The van der Waals surface area contributed by atoms with Crippen LogP contribution in [0.3, 0.4) is 0 Å². The second-order valence-corrected chi connectivity index (χ2v) is 7.98. The molecule has 1 saturated heterocycles. The number of piperidine rings is 1. The monoisotopic (exact) mass is 384 g/mol. The van der Waals surface area contributed by atoms with Gasteiger partial charge in [-0.15, -0.1) is 0 Å². The van der Waals surface area contributed by atoms with Gasteiger partial charge in [-0.1, -0.05) is 36.2 Å². The molecular weight excluding hydrogens is 359 g/mol. The van der Waals surface area contributed by atoms with Crippen molar-refractivity contribution in [1.29, 1.82) is 0 Å². The predicted octanol–water partition coefficient (Wildman–Crippen LogP) is 4.18. The first-order chi connectivity index (χ1) is 11.8. The van der Waals surface area contributed by atoms with E-state index in [4.69, 9.17) is 23.2 Å². The number of benzene rings is 1. The summed E-state index contributed by atoms with van der Waals surface area (Å²) in [5, 5.41) is 3.97. The van der Waals surface area contributed by atoms with Crippen molar-refractivity contribution in [1.82, 2.24) is 10.2 Å². The summed E-state index contributed by atoms with van der Waals surface area (Å²) >= 11 is 12.1. The van der Waals surface area contributed by atoms with E-state index in [2.05, 4.69) is 5.32 Å². The van der Waals surface area contributed by atoms with Crippen molar-refractivity contribution in [3.05, 3.63) is 33.8 Å². The third kappa shape index (κ3) is 4.89. The fourth-order valence-electron chi connectivity index (χ4n) is 3.21. The normalized spacial score (nSPS) is 18.1. The molecule has 0 aromatic heterocycles.